The molecule has 1 atom stereocenters. The Bertz CT molecular complexity index is 1560. The molecule has 1 aromatic heterocycles. The van der Waals surface area contributed by atoms with Crippen molar-refractivity contribution in [2.24, 2.45) is 0 Å². The van der Waals surface area contributed by atoms with Gasteiger partial charge in [-0.05, 0) is 58.5 Å². The molecule has 11 heteroatoms. The summed E-state index contributed by atoms with van der Waals surface area (Å²) in [4.78, 5) is 26.7. The number of nitro benzene ring substituents is 1. The van der Waals surface area contributed by atoms with Crippen LogP contribution in [0.15, 0.2) is 71.8 Å². The van der Waals surface area contributed by atoms with Gasteiger partial charge in [0.1, 0.15) is 10.6 Å². The highest BCUT2D eigenvalue weighted by molar-refractivity contribution is 14.1. The Morgan fingerprint density at radius 2 is 1.86 bits per heavy atom. The normalized spacial score (nSPS) is 12.3. The Kier molecular flexibility index (Phi) is 6.81. The molecule has 0 bridgehead atoms. The van der Waals surface area contributed by atoms with Crippen LogP contribution in [0.4, 0.5) is 5.69 Å². The van der Waals surface area contributed by atoms with E-state index in [1.54, 1.807) is 36.5 Å². The van der Waals surface area contributed by atoms with Crippen LogP contribution in [-0.2, 0) is 10.0 Å². The van der Waals surface area contributed by atoms with E-state index in [1.165, 1.54) is 37.4 Å². The number of halogens is 1. The summed E-state index contributed by atoms with van der Waals surface area (Å²) in [5.41, 5.74) is 2.41. The third-order valence-corrected chi connectivity index (χ3v) is 8.39. The van der Waals surface area contributed by atoms with E-state index < -0.39 is 20.9 Å². The average molecular weight is 605 g/mol. The molecule has 35 heavy (non-hydrogen) atoms. The van der Waals surface area contributed by atoms with Crippen molar-refractivity contribution in [1.29, 1.82) is 0 Å². The molecule has 0 spiro atoms. The van der Waals surface area contributed by atoms with Crippen LogP contribution < -0.4 is 9.46 Å². The van der Waals surface area contributed by atoms with E-state index in [9.17, 15) is 23.3 Å². The van der Waals surface area contributed by atoms with E-state index >= 15 is 0 Å². The van der Waals surface area contributed by atoms with Crippen molar-refractivity contribution in [2.75, 3.05) is 7.11 Å². The molecule has 0 fully saturated rings. The molecular weight excluding hydrogens is 585 g/mol. The molecule has 0 aliphatic carbocycles. The molecule has 0 radical (unpaired) electrons. The summed E-state index contributed by atoms with van der Waals surface area (Å²) < 4.78 is 33.5. The molecule has 0 aliphatic heterocycles. The number of fused-ring (bicyclic) bond motifs is 1. The monoisotopic (exact) mass is 605 g/mol. The fourth-order valence-electron chi connectivity index (χ4n) is 3.88. The molecule has 0 aliphatic rings. The fraction of sp³-hybridized carbons (Fsp3) is 0.125. The van der Waals surface area contributed by atoms with Crippen LogP contribution in [0.2, 0.25) is 0 Å². The number of nitro groups is 1. The van der Waals surface area contributed by atoms with Gasteiger partial charge in [-0.15, -0.1) is 0 Å². The number of nitrogens with zero attached hydrogens (tertiary/aromatic N) is 1. The van der Waals surface area contributed by atoms with Crippen LogP contribution in [0.1, 0.15) is 34.3 Å². The zero-order chi connectivity index (χ0) is 25.3. The van der Waals surface area contributed by atoms with E-state index in [-0.39, 0.29) is 22.1 Å². The van der Waals surface area contributed by atoms with Crippen LogP contribution in [-0.4, -0.2) is 31.3 Å². The first kappa shape index (κ1) is 24.7. The lowest BCUT2D eigenvalue weighted by Gasteiger charge is -2.17. The summed E-state index contributed by atoms with van der Waals surface area (Å²) in [6.07, 6.45) is 1.78. The number of aromatic nitrogens is 1. The van der Waals surface area contributed by atoms with E-state index in [0.29, 0.717) is 14.7 Å². The van der Waals surface area contributed by atoms with Crippen molar-refractivity contribution in [1.82, 2.24) is 9.71 Å². The first-order valence-corrected chi connectivity index (χ1v) is 12.9. The minimum absolute atomic E-state index is 0.0135. The van der Waals surface area contributed by atoms with Crippen LogP contribution in [0.25, 0.3) is 10.9 Å². The van der Waals surface area contributed by atoms with Gasteiger partial charge in [-0.1, -0.05) is 25.1 Å². The third kappa shape index (κ3) is 4.86. The molecule has 3 aromatic carbocycles. The second-order valence-corrected chi connectivity index (χ2v) is 10.6. The third-order valence-electron chi connectivity index (χ3n) is 5.69. The van der Waals surface area contributed by atoms with E-state index in [1.807, 2.05) is 29.5 Å². The van der Waals surface area contributed by atoms with Crippen molar-refractivity contribution in [3.05, 3.63) is 97.2 Å². The molecular formula is C24H20IN3O6S. The van der Waals surface area contributed by atoms with Gasteiger partial charge in [-0.25, -0.2) is 13.1 Å². The van der Waals surface area contributed by atoms with Gasteiger partial charge in [0, 0.05) is 49.8 Å². The zero-order valence-corrected chi connectivity index (χ0v) is 21.6. The Balaban J connectivity index is 1.65. The number of methoxy groups -OCH3 is 1. The molecule has 4 rings (SSSR count). The number of non-ortho nitro benzene ring substituents is 1. The van der Waals surface area contributed by atoms with Gasteiger partial charge in [-0.2, -0.15) is 0 Å². The average Bonchev–Trinajstić information content (AvgIpc) is 3.26. The SMILES string of the molecule is COc1cc(C(=O)NS(=O)(=O)c2ccccc2I)ccc1C(C)c1c[nH]c2ccc([N+](=O)[O-])cc12. The molecule has 9 nitrogen and oxygen atoms in total. The van der Waals surface area contributed by atoms with E-state index in [0.717, 1.165) is 16.6 Å². The van der Waals surface area contributed by atoms with Gasteiger partial charge >= 0.3 is 0 Å². The number of nitrogens with one attached hydrogen (secondary N) is 2. The summed E-state index contributed by atoms with van der Waals surface area (Å²) in [5, 5.41) is 11.9. The quantitative estimate of drug-likeness (QED) is 0.174. The highest BCUT2D eigenvalue weighted by atomic mass is 127. The predicted octanol–water partition coefficient (Wildman–Crippen LogP) is 4.96. The number of hydrogen-bond acceptors (Lipinski definition) is 6. The summed E-state index contributed by atoms with van der Waals surface area (Å²) in [5.74, 6) is -0.644. The lowest BCUT2D eigenvalue weighted by molar-refractivity contribution is -0.384. The highest BCUT2D eigenvalue weighted by Crippen LogP contribution is 2.37. The Labute approximate surface area is 214 Å². The van der Waals surface area contributed by atoms with Crippen molar-refractivity contribution in [3.63, 3.8) is 0 Å². The second-order valence-electron chi connectivity index (χ2n) is 7.77. The van der Waals surface area contributed by atoms with Gasteiger partial charge < -0.3 is 9.72 Å². The van der Waals surface area contributed by atoms with Crippen molar-refractivity contribution in [2.45, 2.75) is 17.7 Å². The van der Waals surface area contributed by atoms with Crippen LogP contribution in [0, 0.1) is 13.7 Å². The molecule has 4 aromatic rings. The molecule has 1 unspecified atom stereocenters. The molecule has 1 amide bonds. The van der Waals surface area contributed by atoms with Crippen molar-refractivity contribution < 1.29 is 22.9 Å². The van der Waals surface area contributed by atoms with Gasteiger partial charge in [0.25, 0.3) is 21.6 Å². The predicted molar refractivity (Wildman–Crippen MR) is 139 cm³/mol. The van der Waals surface area contributed by atoms with Gasteiger partial charge in [0.05, 0.1) is 12.0 Å². The number of carbonyl (C=O) groups is 1. The number of ether oxygens (including phenoxy) is 1. The number of H-pyrrole nitrogens is 1. The maximum absolute atomic E-state index is 12.8. The summed E-state index contributed by atoms with van der Waals surface area (Å²) in [6, 6.07) is 15.6. The Morgan fingerprint density at radius 1 is 1.11 bits per heavy atom. The van der Waals surface area contributed by atoms with E-state index in [2.05, 4.69) is 9.71 Å². The van der Waals surface area contributed by atoms with Gasteiger partial charge in [-0.3, -0.25) is 14.9 Å². The number of rotatable bonds is 7. The molecule has 0 saturated carbocycles. The number of amides is 1. The first-order valence-electron chi connectivity index (χ1n) is 10.4. The number of carbonyl (C=O) groups excluding carboxylic acids is 1. The van der Waals surface area contributed by atoms with Crippen molar-refractivity contribution >= 4 is 55.1 Å². The standard InChI is InChI=1S/C24H20IN3O6S/c1-14(19-13-26-21-10-8-16(28(30)31)12-18(19)21)17-9-7-15(11-22(17)34-2)24(29)27-35(32,33)23-6-4-3-5-20(23)25/h3-14,26H,1-2H3,(H,27,29). The van der Waals surface area contributed by atoms with Gasteiger partial charge in [0.2, 0.25) is 0 Å². The lowest BCUT2D eigenvalue weighted by atomic mass is 9.91. The second kappa shape index (κ2) is 9.66. The van der Waals surface area contributed by atoms with Crippen LogP contribution >= 0.6 is 22.6 Å². The number of benzene rings is 3. The number of sulfonamides is 1. The molecule has 2 N–H and O–H groups in total. The van der Waals surface area contributed by atoms with Crippen molar-refractivity contribution in [3.8, 4) is 5.75 Å². The molecule has 0 saturated heterocycles. The largest absolute Gasteiger partial charge is 0.496 e. The fourth-order valence-corrected chi connectivity index (χ4v) is 6.19. The zero-order valence-electron chi connectivity index (χ0n) is 18.6. The lowest BCUT2D eigenvalue weighted by Crippen LogP contribution is -2.31. The Morgan fingerprint density at radius 3 is 2.54 bits per heavy atom. The van der Waals surface area contributed by atoms with Gasteiger partial charge in [0.15, 0.2) is 0 Å². The number of hydrogen-bond donors (Lipinski definition) is 2. The number of aromatic amines is 1. The highest BCUT2D eigenvalue weighted by Gasteiger charge is 2.23. The molecule has 1 heterocycles. The molecule has 180 valence electrons. The topological polar surface area (TPSA) is 131 Å². The Hall–Kier alpha value is -3.45. The summed E-state index contributed by atoms with van der Waals surface area (Å²) in [7, 11) is -2.61. The smallest absolute Gasteiger partial charge is 0.270 e. The summed E-state index contributed by atoms with van der Waals surface area (Å²) >= 11 is 1.90. The summed E-state index contributed by atoms with van der Waals surface area (Å²) in [6.45, 7) is 1.92. The minimum atomic E-state index is -4.06. The first-order chi connectivity index (χ1) is 16.6. The van der Waals surface area contributed by atoms with Crippen LogP contribution in [0.5, 0.6) is 5.75 Å². The van der Waals surface area contributed by atoms with E-state index in [4.69, 9.17) is 4.74 Å². The van der Waals surface area contributed by atoms with Crippen LogP contribution in [0.3, 0.4) is 0 Å². The maximum atomic E-state index is 12.8. The maximum Gasteiger partial charge on any atom is 0.270 e. The minimum Gasteiger partial charge on any atom is -0.496 e.